The molecule has 0 aliphatic rings. The summed E-state index contributed by atoms with van der Waals surface area (Å²) in [7, 11) is 0. The minimum atomic E-state index is -1.01. The van der Waals surface area contributed by atoms with E-state index in [2.05, 4.69) is 10.4 Å². The van der Waals surface area contributed by atoms with Gasteiger partial charge in [0.05, 0.1) is 21.8 Å². The van der Waals surface area contributed by atoms with E-state index in [-0.39, 0.29) is 16.5 Å². The molecule has 0 fully saturated rings. The lowest BCUT2D eigenvalue weighted by atomic mass is 10.2. The fraction of sp³-hybridized carbons (Fsp3) is 0.111. The zero-order chi connectivity index (χ0) is 21.8. The Balaban J connectivity index is 1.66. The molecular formula is C18H13FN4O7. The first-order valence-corrected chi connectivity index (χ1v) is 8.37. The van der Waals surface area contributed by atoms with Crippen molar-refractivity contribution in [2.75, 3.05) is 11.9 Å². The normalized spacial score (nSPS) is 10.6. The molecule has 3 aromatic rings. The van der Waals surface area contributed by atoms with Gasteiger partial charge in [-0.05, 0) is 24.3 Å². The predicted octanol–water partition coefficient (Wildman–Crippen LogP) is 0.919. The van der Waals surface area contributed by atoms with Gasteiger partial charge >= 0.3 is 5.97 Å². The molecule has 1 heterocycles. The SMILES string of the molecule is O=C(COC(=O)Cn1[nH]c(=O)c2ccccc2c1=O)Nc1ccc(F)cc1[N+](=O)[O-]. The van der Waals surface area contributed by atoms with Crippen molar-refractivity contribution in [2.45, 2.75) is 6.54 Å². The van der Waals surface area contributed by atoms with Crippen molar-refractivity contribution in [3.63, 3.8) is 0 Å². The molecule has 0 bridgehead atoms. The van der Waals surface area contributed by atoms with Gasteiger partial charge in [0.15, 0.2) is 6.61 Å². The van der Waals surface area contributed by atoms with Crippen molar-refractivity contribution in [3.8, 4) is 0 Å². The van der Waals surface area contributed by atoms with Crippen molar-refractivity contribution >= 4 is 34.0 Å². The highest BCUT2D eigenvalue weighted by molar-refractivity contribution is 5.94. The van der Waals surface area contributed by atoms with E-state index in [1.807, 2.05) is 0 Å². The molecule has 1 aromatic heterocycles. The smallest absolute Gasteiger partial charge is 0.328 e. The molecule has 0 saturated heterocycles. The van der Waals surface area contributed by atoms with Crippen LogP contribution in [0.15, 0.2) is 52.1 Å². The number of rotatable bonds is 6. The second kappa shape index (κ2) is 8.34. The monoisotopic (exact) mass is 416 g/mol. The maximum atomic E-state index is 13.1. The molecule has 0 spiro atoms. The van der Waals surface area contributed by atoms with Crippen LogP contribution < -0.4 is 16.4 Å². The maximum absolute atomic E-state index is 13.1. The number of hydrogen-bond donors (Lipinski definition) is 2. The van der Waals surface area contributed by atoms with E-state index in [9.17, 15) is 33.7 Å². The lowest BCUT2D eigenvalue weighted by molar-refractivity contribution is -0.384. The molecule has 1 amide bonds. The number of nitrogens with zero attached hydrogens (tertiary/aromatic N) is 2. The Morgan fingerprint density at radius 3 is 2.57 bits per heavy atom. The Labute approximate surface area is 165 Å². The number of benzene rings is 2. The van der Waals surface area contributed by atoms with Gasteiger partial charge in [-0.15, -0.1) is 0 Å². The second-order valence-electron chi connectivity index (χ2n) is 6.01. The number of nitro groups is 1. The summed E-state index contributed by atoms with van der Waals surface area (Å²) in [5.41, 5.74) is -2.17. The molecule has 0 radical (unpaired) electrons. The quantitative estimate of drug-likeness (QED) is 0.344. The number of nitrogens with one attached hydrogen (secondary N) is 2. The molecule has 0 atom stereocenters. The van der Waals surface area contributed by atoms with E-state index < -0.39 is 52.6 Å². The van der Waals surface area contributed by atoms with E-state index in [1.165, 1.54) is 12.1 Å². The number of nitro benzene ring substituents is 1. The lowest BCUT2D eigenvalue weighted by Gasteiger charge is -2.09. The van der Waals surface area contributed by atoms with Gasteiger partial charge in [-0.3, -0.25) is 34.4 Å². The number of aromatic nitrogens is 2. The molecule has 154 valence electrons. The summed E-state index contributed by atoms with van der Waals surface area (Å²) in [6, 6.07) is 8.56. The molecule has 0 aliphatic carbocycles. The van der Waals surface area contributed by atoms with E-state index in [0.29, 0.717) is 6.07 Å². The van der Waals surface area contributed by atoms with Gasteiger partial charge in [0.1, 0.15) is 18.0 Å². The molecule has 11 nitrogen and oxygen atoms in total. The van der Waals surface area contributed by atoms with Crippen LogP contribution in [0.5, 0.6) is 0 Å². The zero-order valence-corrected chi connectivity index (χ0v) is 15.1. The number of halogens is 1. The van der Waals surface area contributed by atoms with E-state index in [1.54, 1.807) is 12.1 Å². The van der Waals surface area contributed by atoms with E-state index in [4.69, 9.17) is 4.74 Å². The summed E-state index contributed by atoms with van der Waals surface area (Å²) in [6.07, 6.45) is 0. The van der Waals surface area contributed by atoms with Gasteiger partial charge < -0.3 is 10.1 Å². The average molecular weight is 416 g/mol. The fourth-order valence-electron chi connectivity index (χ4n) is 2.63. The first kappa shape index (κ1) is 20.4. The number of ether oxygens (including phenoxy) is 1. The van der Waals surface area contributed by atoms with Crippen LogP contribution in [-0.2, 0) is 20.9 Å². The third-order valence-corrected chi connectivity index (χ3v) is 3.97. The van der Waals surface area contributed by atoms with E-state index in [0.717, 1.165) is 16.8 Å². The molecule has 0 saturated carbocycles. The number of carbonyl (C=O) groups is 2. The third kappa shape index (κ3) is 4.38. The number of aromatic amines is 1. The number of amides is 1. The fourth-order valence-corrected chi connectivity index (χ4v) is 2.63. The molecule has 0 unspecified atom stereocenters. The summed E-state index contributed by atoms with van der Waals surface area (Å²) in [6.45, 7) is -1.48. The van der Waals surface area contributed by atoms with Crippen molar-refractivity contribution < 1.29 is 23.6 Å². The second-order valence-corrected chi connectivity index (χ2v) is 6.01. The van der Waals surface area contributed by atoms with Gasteiger partial charge in [0.25, 0.3) is 22.7 Å². The van der Waals surface area contributed by atoms with Crippen LogP contribution >= 0.6 is 0 Å². The molecule has 30 heavy (non-hydrogen) atoms. The van der Waals surface area contributed by atoms with Crippen molar-refractivity contribution in [2.24, 2.45) is 0 Å². The van der Waals surface area contributed by atoms with Gasteiger partial charge in [0, 0.05) is 0 Å². The highest BCUT2D eigenvalue weighted by atomic mass is 19.1. The topological polar surface area (TPSA) is 153 Å². The molecule has 2 N–H and O–H groups in total. The Morgan fingerprint density at radius 2 is 1.87 bits per heavy atom. The number of hydrogen-bond acceptors (Lipinski definition) is 7. The first-order valence-electron chi connectivity index (χ1n) is 8.37. The minimum Gasteiger partial charge on any atom is -0.454 e. The zero-order valence-electron chi connectivity index (χ0n) is 15.1. The summed E-state index contributed by atoms with van der Waals surface area (Å²) < 4.78 is 18.6. The number of fused-ring (bicyclic) bond motifs is 1. The highest BCUT2D eigenvalue weighted by Gasteiger charge is 2.18. The Morgan fingerprint density at radius 1 is 1.17 bits per heavy atom. The van der Waals surface area contributed by atoms with Crippen LogP contribution in [0.2, 0.25) is 0 Å². The Kier molecular flexibility index (Phi) is 5.67. The van der Waals surface area contributed by atoms with Crippen LogP contribution in [0.4, 0.5) is 15.8 Å². The Bertz CT molecular complexity index is 1280. The van der Waals surface area contributed by atoms with E-state index >= 15 is 0 Å². The molecule has 0 aliphatic heterocycles. The summed E-state index contributed by atoms with van der Waals surface area (Å²) in [5, 5.41) is 15.6. The largest absolute Gasteiger partial charge is 0.454 e. The highest BCUT2D eigenvalue weighted by Crippen LogP contribution is 2.24. The van der Waals surface area contributed by atoms with Crippen LogP contribution in [0.3, 0.4) is 0 Å². The van der Waals surface area contributed by atoms with Gasteiger partial charge in [-0.2, -0.15) is 0 Å². The van der Waals surface area contributed by atoms with Gasteiger partial charge in [-0.25, -0.2) is 9.07 Å². The summed E-state index contributed by atoms with van der Waals surface area (Å²) >= 11 is 0. The summed E-state index contributed by atoms with van der Waals surface area (Å²) in [5.74, 6) is -2.79. The molecule has 12 heteroatoms. The Hall–Kier alpha value is -4.35. The van der Waals surface area contributed by atoms with Crippen LogP contribution in [0.25, 0.3) is 10.8 Å². The van der Waals surface area contributed by atoms with Crippen molar-refractivity contribution in [1.29, 1.82) is 0 Å². The van der Waals surface area contributed by atoms with Crippen molar-refractivity contribution in [3.05, 3.63) is 79.1 Å². The number of anilines is 1. The standard InChI is InChI=1S/C18H13FN4O7/c19-10-5-6-13(14(7-10)23(28)29)20-15(24)9-30-16(25)8-22-18(27)12-4-2-1-3-11(12)17(26)21-22/h1-7H,8-9H2,(H,20,24)(H,21,26). The predicted molar refractivity (Wildman–Crippen MR) is 101 cm³/mol. The number of esters is 1. The third-order valence-electron chi connectivity index (χ3n) is 3.97. The maximum Gasteiger partial charge on any atom is 0.328 e. The summed E-state index contributed by atoms with van der Waals surface area (Å²) in [4.78, 5) is 58.2. The van der Waals surface area contributed by atoms with Gasteiger partial charge in [0.2, 0.25) is 0 Å². The first-order chi connectivity index (χ1) is 14.3. The van der Waals surface area contributed by atoms with Crippen LogP contribution in [0, 0.1) is 15.9 Å². The lowest BCUT2D eigenvalue weighted by Crippen LogP contribution is -2.33. The minimum absolute atomic E-state index is 0.107. The number of carbonyl (C=O) groups excluding carboxylic acids is 2. The molecule has 3 rings (SSSR count). The van der Waals surface area contributed by atoms with Gasteiger partial charge in [-0.1, -0.05) is 12.1 Å². The molecular weight excluding hydrogens is 403 g/mol. The molecule has 2 aromatic carbocycles. The van der Waals surface area contributed by atoms with Crippen molar-refractivity contribution in [1.82, 2.24) is 9.78 Å². The average Bonchev–Trinajstić information content (AvgIpc) is 2.71. The van der Waals surface area contributed by atoms with Crippen LogP contribution in [0.1, 0.15) is 0 Å². The van der Waals surface area contributed by atoms with Crippen LogP contribution in [-0.4, -0.2) is 33.2 Å². The number of H-pyrrole nitrogens is 1.